The number of carbonyl (C=O) groups is 1. The Morgan fingerprint density at radius 1 is 1.22 bits per heavy atom. The van der Waals surface area contributed by atoms with Crippen molar-refractivity contribution in [3.05, 3.63) is 57.2 Å². The van der Waals surface area contributed by atoms with Crippen molar-refractivity contribution in [2.75, 3.05) is 38.2 Å². The van der Waals surface area contributed by atoms with Crippen molar-refractivity contribution >= 4 is 22.6 Å². The quantitative estimate of drug-likeness (QED) is 0.456. The van der Waals surface area contributed by atoms with Gasteiger partial charge in [0.25, 0.3) is 0 Å². The zero-order chi connectivity index (χ0) is 26.9. The van der Waals surface area contributed by atoms with Crippen molar-refractivity contribution < 1.29 is 19.0 Å². The summed E-state index contributed by atoms with van der Waals surface area (Å²) in [6.45, 7) is 11.4. The molecule has 1 unspecified atom stereocenters. The Bertz CT molecular complexity index is 1300. The standard InChI is InChI=1S/C29H38FN3O4/c1-18(2)7-6-8-19(3)11-12-31-13-14-32(16-20(31)4)26-24(30)15-22-25(28(26)37-5)33(21-9-10-21)17-23(27(22)34)29(35)36/h7,11,15,17,20-21H,6,8-10,12-14,16H2,1-5H3,(H,35,36)/b19-11+. The molecule has 0 amide bonds. The summed E-state index contributed by atoms with van der Waals surface area (Å²) in [7, 11) is 1.48. The maximum absolute atomic E-state index is 15.6. The fourth-order valence-corrected chi connectivity index (χ4v) is 5.16. The number of fused-ring (bicyclic) bond motifs is 1. The van der Waals surface area contributed by atoms with Crippen LogP contribution in [0.25, 0.3) is 10.9 Å². The molecule has 1 saturated heterocycles. The molecule has 2 aliphatic rings. The Hall–Kier alpha value is -3.13. The molecule has 2 aromatic rings. The Morgan fingerprint density at radius 2 is 1.95 bits per heavy atom. The number of rotatable bonds is 9. The van der Waals surface area contributed by atoms with Crippen molar-refractivity contribution in [2.45, 2.75) is 65.5 Å². The molecule has 1 aromatic heterocycles. The van der Waals surface area contributed by atoms with Gasteiger partial charge in [-0.3, -0.25) is 9.69 Å². The SMILES string of the molecule is COc1c(N2CCN(C/C=C(\C)CCC=C(C)C)C(C)C2)c(F)cc2c(=O)c(C(=O)O)cn(C3CC3)c12. The largest absolute Gasteiger partial charge is 0.492 e. The van der Waals surface area contributed by atoms with Crippen molar-refractivity contribution in [1.29, 1.82) is 0 Å². The van der Waals surface area contributed by atoms with Gasteiger partial charge in [-0.1, -0.05) is 23.3 Å². The molecule has 200 valence electrons. The van der Waals surface area contributed by atoms with E-state index >= 15 is 4.39 Å². The van der Waals surface area contributed by atoms with Crippen LogP contribution in [0.15, 0.2) is 40.4 Å². The first-order valence-corrected chi connectivity index (χ1v) is 13.1. The molecule has 7 nitrogen and oxygen atoms in total. The summed E-state index contributed by atoms with van der Waals surface area (Å²) in [5.74, 6) is -1.58. The highest BCUT2D eigenvalue weighted by Gasteiger charge is 2.33. The summed E-state index contributed by atoms with van der Waals surface area (Å²) >= 11 is 0. The summed E-state index contributed by atoms with van der Waals surface area (Å²) in [5.41, 5.74) is 2.49. The van der Waals surface area contributed by atoms with Gasteiger partial charge in [-0.05, 0) is 59.4 Å². The molecule has 0 radical (unpaired) electrons. The molecular formula is C29H38FN3O4. The van der Waals surface area contributed by atoms with E-state index in [0.717, 1.165) is 38.8 Å². The van der Waals surface area contributed by atoms with Crippen LogP contribution in [0.2, 0.25) is 0 Å². The van der Waals surface area contributed by atoms with Crippen LogP contribution in [-0.2, 0) is 0 Å². The van der Waals surface area contributed by atoms with E-state index in [-0.39, 0.29) is 23.0 Å². The molecule has 1 saturated carbocycles. The Balaban J connectivity index is 1.62. The molecule has 8 heteroatoms. The van der Waals surface area contributed by atoms with Crippen LogP contribution in [0, 0.1) is 5.82 Å². The minimum atomic E-state index is -1.31. The Kier molecular flexibility index (Phi) is 8.07. The number of carboxylic acids is 1. The number of pyridine rings is 1. The van der Waals surface area contributed by atoms with Crippen LogP contribution in [0.1, 0.15) is 69.8 Å². The number of piperazine rings is 1. The van der Waals surface area contributed by atoms with Gasteiger partial charge >= 0.3 is 5.97 Å². The van der Waals surface area contributed by atoms with E-state index in [9.17, 15) is 14.7 Å². The molecule has 1 aromatic carbocycles. The van der Waals surface area contributed by atoms with Crippen molar-refractivity contribution in [2.24, 2.45) is 0 Å². The van der Waals surface area contributed by atoms with Crippen LogP contribution >= 0.6 is 0 Å². The summed E-state index contributed by atoms with van der Waals surface area (Å²) < 4.78 is 23.2. The van der Waals surface area contributed by atoms with Crippen molar-refractivity contribution in [3.8, 4) is 5.75 Å². The topological polar surface area (TPSA) is 75.0 Å². The molecular weight excluding hydrogens is 473 g/mol. The first kappa shape index (κ1) is 26.9. The molecule has 4 rings (SSSR count). The summed E-state index contributed by atoms with van der Waals surface area (Å²) in [4.78, 5) is 29.0. The van der Waals surface area contributed by atoms with Gasteiger partial charge in [0, 0.05) is 44.5 Å². The van der Waals surface area contributed by atoms with E-state index in [1.165, 1.54) is 30.5 Å². The number of aromatic carboxylic acids is 1. The lowest BCUT2D eigenvalue weighted by molar-refractivity contribution is 0.0694. The van der Waals surface area contributed by atoms with Crippen LogP contribution in [0.5, 0.6) is 5.75 Å². The lowest BCUT2D eigenvalue weighted by Crippen LogP contribution is -2.52. The van der Waals surface area contributed by atoms with Crippen LogP contribution in [0.3, 0.4) is 0 Å². The molecule has 37 heavy (non-hydrogen) atoms. The lowest BCUT2D eigenvalue weighted by Gasteiger charge is -2.41. The molecule has 0 spiro atoms. The third-order valence-electron chi connectivity index (χ3n) is 7.42. The van der Waals surface area contributed by atoms with E-state index in [2.05, 4.69) is 44.7 Å². The van der Waals surface area contributed by atoms with Crippen molar-refractivity contribution in [3.63, 3.8) is 0 Å². The average Bonchev–Trinajstić information content (AvgIpc) is 3.68. The second-order valence-electron chi connectivity index (χ2n) is 10.6. The van der Waals surface area contributed by atoms with E-state index < -0.39 is 17.2 Å². The van der Waals surface area contributed by atoms with Gasteiger partial charge in [0.15, 0.2) is 11.6 Å². The highest BCUT2D eigenvalue weighted by Crippen LogP contribution is 2.44. The predicted octanol–water partition coefficient (Wildman–Crippen LogP) is 5.39. The second kappa shape index (κ2) is 11.1. The fourth-order valence-electron chi connectivity index (χ4n) is 5.16. The van der Waals surface area contributed by atoms with Gasteiger partial charge in [-0.25, -0.2) is 9.18 Å². The number of carboxylic acid groups (broad SMARTS) is 1. The highest BCUT2D eigenvalue weighted by molar-refractivity contribution is 5.97. The summed E-state index contributed by atoms with van der Waals surface area (Å²) in [6, 6.07) is 1.46. The van der Waals surface area contributed by atoms with Gasteiger partial charge in [0.05, 0.1) is 18.0 Å². The minimum Gasteiger partial charge on any atom is -0.492 e. The zero-order valence-electron chi connectivity index (χ0n) is 22.5. The summed E-state index contributed by atoms with van der Waals surface area (Å²) in [6.07, 6.45) is 9.79. The van der Waals surface area contributed by atoms with Gasteiger partial charge < -0.3 is 19.3 Å². The number of anilines is 1. The second-order valence-corrected chi connectivity index (χ2v) is 10.6. The molecule has 2 fully saturated rings. The fraction of sp³-hybridized carbons (Fsp3) is 0.517. The number of nitrogens with zero attached hydrogens (tertiary/aromatic N) is 3. The van der Waals surface area contributed by atoms with Gasteiger partial charge in [-0.15, -0.1) is 0 Å². The molecule has 0 bridgehead atoms. The number of aromatic nitrogens is 1. The maximum atomic E-state index is 15.6. The van der Waals surface area contributed by atoms with Crippen LogP contribution < -0.4 is 15.1 Å². The van der Waals surface area contributed by atoms with Gasteiger partial charge in [0.2, 0.25) is 5.43 Å². The van der Waals surface area contributed by atoms with Crippen LogP contribution in [-0.4, -0.2) is 59.9 Å². The van der Waals surface area contributed by atoms with E-state index in [4.69, 9.17) is 4.74 Å². The number of halogens is 1. The third kappa shape index (κ3) is 5.74. The number of hydrogen-bond donors (Lipinski definition) is 1. The molecule has 2 heterocycles. The summed E-state index contributed by atoms with van der Waals surface area (Å²) in [5, 5.41) is 9.59. The first-order chi connectivity index (χ1) is 17.6. The Labute approximate surface area is 217 Å². The number of hydrogen-bond acceptors (Lipinski definition) is 5. The predicted molar refractivity (Wildman–Crippen MR) is 146 cm³/mol. The monoisotopic (exact) mass is 511 g/mol. The van der Waals surface area contributed by atoms with E-state index in [0.29, 0.717) is 30.0 Å². The van der Waals surface area contributed by atoms with Gasteiger partial charge in [-0.2, -0.15) is 0 Å². The molecule has 1 aliphatic carbocycles. The minimum absolute atomic E-state index is 0.0466. The number of ether oxygens (including phenoxy) is 1. The average molecular weight is 512 g/mol. The molecule has 1 aliphatic heterocycles. The zero-order valence-corrected chi connectivity index (χ0v) is 22.5. The van der Waals surface area contributed by atoms with E-state index in [1.54, 1.807) is 4.57 Å². The van der Waals surface area contributed by atoms with Crippen LogP contribution in [0.4, 0.5) is 10.1 Å². The number of benzene rings is 1. The molecule has 1 N–H and O–H groups in total. The third-order valence-corrected chi connectivity index (χ3v) is 7.42. The Morgan fingerprint density at radius 3 is 2.54 bits per heavy atom. The van der Waals surface area contributed by atoms with Gasteiger partial charge in [0.1, 0.15) is 11.3 Å². The first-order valence-electron chi connectivity index (χ1n) is 13.1. The molecule has 1 atom stereocenters. The number of methoxy groups -OCH3 is 1. The smallest absolute Gasteiger partial charge is 0.341 e. The number of allylic oxidation sites excluding steroid dienone is 3. The highest BCUT2D eigenvalue weighted by atomic mass is 19.1. The van der Waals surface area contributed by atoms with E-state index in [1.807, 2.05) is 4.90 Å². The lowest BCUT2D eigenvalue weighted by atomic mass is 10.1. The van der Waals surface area contributed by atoms with Crippen molar-refractivity contribution in [1.82, 2.24) is 9.47 Å². The normalized spacial score (nSPS) is 18.8. The maximum Gasteiger partial charge on any atom is 0.341 e.